The maximum atomic E-state index is 11.9. The van der Waals surface area contributed by atoms with Gasteiger partial charge in [0, 0.05) is 6.42 Å². The Morgan fingerprint density at radius 1 is 1.29 bits per heavy atom. The molecular weight excluding hydrogens is 214 g/mol. The van der Waals surface area contributed by atoms with Gasteiger partial charge in [-0.05, 0) is 27.7 Å². The summed E-state index contributed by atoms with van der Waals surface area (Å²) >= 11 is 0. The van der Waals surface area contributed by atoms with Crippen molar-refractivity contribution in [2.75, 3.05) is 27.7 Å². The molecule has 3 heteroatoms. The number of likely N-dealkylation sites (N-methyl/N-ethyl adjacent to an activating group) is 1. The first-order chi connectivity index (χ1) is 7.42. The van der Waals surface area contributed by atoms with Gasteiger partial charge in [0.25, 0.3) is 0 Å². The zero-order valence-electron chi connectivity index (χ0n) is 12.5. The molecule has 0 aromatic carbocycles. The number of ether oxygens (including phenoxy) is 1. The second kappa shape index (κ2) is 5.67. The van der Waals surface area contributed by atoms with Crippen LogP contribution in [0.3, 0.4) is 0 Å². The lowest BCUT2D eigenvalue weighted by molar-refractivity contribution is -0.873. The third-order valence-electron chi connectivity index (χ3n) is 2.21. The van der Waals surface area contributed by atoms with Crippen LogP contribution in [-0.2, 0) is 9.53 Å². The molecule has 0 heterocycles. The van der Waals surface area contributed by atoms with E-state index in [2.05, 4.69) is 27.7 Å². The molecule has 1 unspecified atom stereocenters. The van der Waals surface area contributed by atoms with Crippen LogP contribution in [0.5, 0.6) is 0 Å². The standard InChI is InChI=1S/C14H28NO2/c1-11(2)9-12(10-15(6,7)8)17-13(16)14(3,4)5/h12H,1,9-10H2,2-8H3/q+1. The van der Waals surface area contributed by atoms with Crippen molar-refractivity contribution in [1.82, 2.24) is 0 Å². The Hall–Kier alpha value is -0.830. The first-order valence-electron chi connectivity index (χ1n) is 6.08. The number of esters is 1. The van der Waals surface area contributed by atoms with Crippen LogP contribution in [0, 0.1) is 5.41 Å². The highest BCUT2D eigenvalue weighted by Crippen LogP contribution is 2.19. The number of nitrogens with zero attached hydrogens (tertiary/aromatic N) is 1. The average molecular weight is 242 g/mol. The fraction of sp³-hybridized carbons (Fsp3) is 0.786. The quantitative estimate of drug-likeness (QED) is 0.421. The second-order valence-electron chi connectivity index (χ2n) is 6.91. The largest absolute Gasteiger partial charge is 0.456 e. The minimum Gasteiger partial charge on any atom is -0.456 e. The van der Waals surface area contributed by atoms with Gasteiger partial charge in [0.05, 0.1) is 26.6 Å². The van der Waals surface area contributed by atoms with Gasteiger partial charge in [-0.25, -0.2) is 0 Å². The van der Waals surface area contributed by atoms with Gasteiger partial charge in [0.2, 0.25) is 0 Å². The van der Waals surface area contributed by atoms with Gasteiger partial charge in [-0.15, -0.1) is 0 Å². The van der Waals surface area contributed by atoms with Crippen LogP contribution in [0.25, 0.3) is 0 Å². The summed E-state index contributed by atoms with van der Waals surface area (Å²) in [5.41, 5.74) is 0.600. The minimum absolute atomic E-state index is 0.0841. The molecule has 0 saturated heterocycles. The highest BCUT2D eigenvalue weighted by molar-refractivity contribution is 5.75. The third kappa shape index (κ3) is 7.97. The first-order valence-corrected chi connectivity index (χ1v) is 6.08. The van der Waals surface area contributed by atoms with Crippen LogP contribution in [0.2, 0.25) is 0 Å². The number of hydrogen-bond donors (Lipinski definition) is 0. The van der Waals surface area contributed by atoms with Crippen LogP contribution in [-0.4, -0.2) is 44.2 Å². The first kappa shape index (κ1) is 16.2. The van der Waals surface area contributed by atoms with Crippen LogP contribution in [0.4, 0.5) is 0 Å². The molecule has 0 amide bonds. The Morgan fingerprint density at radius 2 is 1.76 bits per heavy atom. The molecule has 0 aromatic rings. The van der Waals surface area contributed by atoms with Gasteiger partial charge in [-0.1, -0.05) is 12.2 Å². The molecule has 3 nitrogen and oxygen atoms in total. The lowest BCUT2D eigenvalue weighted by atomic mass is 9.97. The fourth-order valence-electron chi connectivity index (χ4n) is 1.47. The number of carbonyl (C=O) groups excluding carboxylic acids is 1. The van der Waals surface area contributed by atoms with Crippen molar-refractivity contribution in [3.05, 3.63) is 12.2 Å². The normalized spacial score (nSPS) is 14.3. The van der Waals surface area contributed by atoms with Crippen molar-refractivity contribution in [2.24, 2.45) is 5.41 Å². The molecule has 0 saturated carbocycles. The smallest absolute Gasteiger partial charge is 0.311 e. The summed E-state index contributed by atoms with van der Waals surface area (Å²) < 4.78 is 6.36. The lowest BCUT2D eigenvalue weighted by Crippen LogP contribution is -2.44. The van der Waals surface area contributed by atoms with Crippen LogP contribution in [0.15, 0.2) is 12.2 Å². The summed E-state index contributed by atoms with van der Waals surface area (Å²) in [4.78, 5) is 11.9. The summed E-state index contributed by atoms with van der Waals surface area (Å²) in [5, 5.41) is 0. The molecule has 100 valence electrons. The van der Waals surface area contributed by atoms with E-state index in [0.717, 1.165) is 23.0 Å². The second-order valence-corrected chi connectivity index (χ2v) is 6.91. The van der Waals surface area contributed by atoms with E-state index in [4.69, 9.17) is 4.74 Å². The van der Waals surface area contributed by atoms with Crippen molar-refractivity contribution in [3.63, 3.8) is 0 Å². The van der Waals surface area contributed by atoms with E-state index < -0.39 is 5.41 Å². The van der Waals surface area contributed by atoms with Crippen molar-refractivity contribution < 1.29 is 14.0 Å². The molecule has 17 heavy (non-hydrogen) atoms. The van der Waals surface area contributed by atoms with E-state index in [9.17, 15) is 4.79 Å². The minimum atomic E-state index is -0.446. The van der Waals surface area contributed by atoms with E-state index >= 15 is 0 Å². The molecule has 0 aliphatic rings. The predicted octanol–water partition coefficient (Wildman–Crippen LogP) is 2.62. The Kier molecular flexibility index (Phi) is 5.40. The van der Waals surface area contributed by atoms with Crippen LogP contribution in [0.1, 0.15) is 34.1 Å². The Balaban J connectivity index is 4.60. The maximum absolute atomic E-state index is 11.9. The molecule has 0 N–H and O–H groups in total. The van der Waals surface area contributed by atoms with Gasteiger partial charge < -0.3 is 9.22 Å². The summed E-state index contributed by atoms with van der Waals surface area (Å²) in [7, 11) is 6.28. The van der Waals surface area contributed by atoms with Crippen molar-refractivity contribution in [3.8, 4) is 0 Å². The van der Waals surface area contributed by atoms with Gasteiger partial charge in [0.1, 0.15) is 6.54 Å². The molecule has 0 aromatic heterocycles. The van der Waals surface area contributed by atoms with Crippen molar-refractivity contribution in [2.45, 2.75) is 40.2 Å². The number of carbonyl (C=O) groups is 1. The molecule has 0 aliphatic carbocycles. The fourth-order valence-corrected chi connectivity index (χ4v) is 1.47. The Morgan fingerprint density at radius 3 is 2.06 bits per heavy atom. The third-order valence-corrected chi connectivity index (χ3v) is 2.21. The monoisotopic (exact) mass is 242 g/mol. The van der Waals surface area contributed by atoms with Gasteiger partial charge in [-0.3, -0.25) is 4.79 Å². The Labute approximate surface area is 106 Å². The molecule has 0 rings (SSSR count). The number of rotatable bonds is 5. The zero-order valence-corrected chi connectivity index (χ0v) is 12.5. The maximum Gasteiger partial charge on any atom is 0.311 e. The summed E-state index contributed by atoms with van der Waals surface area (Å²) in [6.07, 6.45) is 0.649. The van der Waals surface area contributed by atoms with E-state index in [1.165, 1.54) is 0 Å². The van der Waals surface area contributed by atoms with Crippen molar-refractivity contribution in [1.29, 1.82) is 0 Å². The van der Waals surface area contributed by atoms with Gasteiger partial charge in [0.15, 0.2) is 6.10 Å². The molecule has 0 spiro atoms. The Bertz CT molecular complexity index is 282. The summed E-state index contributed by atoms with van der Waals surface area (Å²) in [6, 6.07) is 0. The molecule has 0 aliphatic heterocycles. The molecule has 1 atom stereocenters. The summed E-state index contributed by atoms with van der Waals surface area (Å²) in [6.45, 7) is 12.3. The topological polar surface area (TPSA) is 26.3 Å². The highest BCUT2D eigenvalue weighted by atomic mass is 16.5. The van der Waals surface area contributed by atoms with Gasteiger partial charge in [-0.2, -0.15) is 0 Å². The highest BCUT2D eigenvalue weighted by Gasteiger charge is 2.28. The van der Waals surface area contributed by atoms with E-state index in [0.29, 0.717) is 0 Å². The SMILES string of the molecule is C=C(C)CC(C[N+](C)(C)C)OC(=O)C(C)(C)C. The van der Waals surface area contributed by atoms with E-state index in [1.54, 1.807) is 0 Å². The van der Waals surface area contributed by atoms with Gasteiger partial charge >= 0.3 is 5.97 Å². The summed E-state index contributed by atoms with van der Waals surface area (Å²) in [5.74, 6) is -0.141. The number of hydrogen-bond acceptors (Lipinski definition) is 2. The molecular formula is C14H28NO2+. The van der Waals surface area contributed by atoms with Crippen LogP contribution < -0.4 is 0 Å². The molecule has 0 radical (unpaired) electrons. The average Bonchev–Trinajstić information content (AvgIpc) is 1.96. The molecule has 0 bridgehead atoms. The lowest BCUT2D eigenvalue weighted by Gasteiger charge is -2.30. The number of quaternary nitrogens is 1. The predicted molar refractivity (Wildman–Crippen MR) is 71.7 cm³/mol. The van der Waals surface area contributed by atoms with E-state index in [1.807, 2.05) is 27.7 Å². The van der Waals surface area contributed by atoms with Crippen molar-refractivity contribution >= 4 is 5.97 Å². The zero-order chi connectivity index (χ0) is 13.9. The molecule has 0 fully saturated rings. The van der Waals surface area contributed by atoms with E-state index in [-0.39, 0.29) is 12.1 Å². The van der Waals surface area contributed by atoms with Crippen LogP contribution >= 0.6 is 0 Å².